The van der Waals surface area contributed by atoms with Gasteiger partial charge in [0, 0.05) is 36.3 Å². The van der Waals surface area contributed by atoms with E-state index in [2.05, 4.69) is 11.9 Å². The first kappa shape index (κ1) is 18.6. The molecule has 0 N–H and O–H groups in total. The van der Waals surface area contributed by atoms with Crippen LogP contribution in [-0.4, -0.2) is 27.8 Å². The quantitative estimate of drug-likeness (QED) is 0.459. The topological polar surface area (TPSA) is 59.2 Å². The van der Waals surface area contributed by atoms with Gasteiger partial charge in [-0.3, -0.25) is 9.78 Å². The van der Waals surface area contributed by atoms with Crippen LogP contribution in [0, 0.1) is 5.92 Å². The fourth-order valence-corrected chi connectivity index (χ4v) is 3.93. The maximum Gasteiger partial charge on any atom is 0.254 e. The van der Waals surface area contributed by atoms with Gasteiger partial charge in [0.15, 0.2) is 0 Å². The second kappa shape index (κ2) is 7.41. The third-order valence-corrected chi connectivity index (χ3v) is 5.82. The van der Waals surface area contributed by atoms with Crippen LogP contribution in [-0.2, 0) is 6.54 Å². The molecule has 1 saturated carbocycles. The van der Waals surface area contributed by atoms with Crippen molar-refractivity contribution in [2.24, 2.45) is 5.92 Å². The number of carbonyl (C=O) groups excluding carboxylic acids is 1. The Morgan fingerprint density at radius 2 is 1.90 bits per heavy atom. The first-order valence-electron chi connectivity index (χ1n) is 10.2. The van der Waals surface area contributed by atoms with Crippen molar-refractivity contribution in [3.63, 3.8) is 0 Å². The molecule has 0 saturated heterocycles. The molecule has 150 valence electrons. The molecular weight excluding hydrogens is 374 g/mol. The van der Waals surface area contributed by atoms with Gasteiger partial charge in [0.05, 0.1) is 23.3 Å². The molecule has 4 aromatic rings. The molecule has 1 aliphatic carbocycles. The number of carbonyl (C=O) groups is 1. The molecular formula is C25H23N3O2. The van der Waals surface area contributed by atoms with Gasteiger partial charge in [0.1, 0.15) is 11.5 Å². The van der Waals surface area contributed by atoms with Gasteiger partial charge in [-0.15, -0.1) is 0 Å². The lowest BCUT2D eigenvalue weighted by Gasteiger charge is -2.18. The van der Waals surface area contributed by atoms with Gasteiger partial charge < -0.3 is 9.32 Å². The summed E-state index contributed by atoms with van der Waals surface area (Å²) in [7, 11) is 1.81. The van der Waals surface area contributed by atoms with E-state index in [-0.39, 0.29) is 5.91 Å². The first-order chi connectivity index (χ1) is 14.6. The molecule has 3 heterocycles. The normalized spacial score (nSPS) is 17.8. The molecule has 1 amide bonds. The number of rotatable bonds is 5. The lowest BCUT2D eigenvalue weighted by atomic mass is 10.0. The van der Waals surface area contributed by atoms with Gasteiger partial charge in [0.25, 0.3) is 5.91 Å². The summed E-state index contributed by atoms with van der Waals surface area (Å²) in [5.41, 5.74) is 3.13. The van der Waals surface area contributed by atoms with Crippen LogP contribution in [0.25, 0.3) is 22.2 Å². The number of nitrogens with zero attached hydrogens (tertiary/aromatic N) is 3. The van der Waals surface area contributed by atoms with Crippen molar-refractivity contribution in [3.8, 4) is 11.3 Å². The third kappa shape index (κ3) is 3.47. The predicted molar refractivity (Wildman–Crippen MR) is 116 cm³/mol. The summed E-state index contributed by atoms with van der Waals surface area (Å²) in [6.07, 6.45) is 4.65. The highest BCUT2D eigenvalue weighted by atomic mass is 16.3. The molecule has 30 heavy (non-hydrogen) atoms. The number of benzene rings is 1. The minimum Gasteiger partial charge on any atom is -0.464 e. The number of pyridine rings is 2. The molecule has 1 fully saturated rings. The number of amides is 1. The number of hydrogen-bond donors (Lipinski definition) is 0. The second-order valence-electron chi connectivity index (χ2n) is 8.09. The van der Waals surface area contributed by atoms with Crippen LogP contribution < -0.4 is 0 Å². The Hall–Kier alpha value is -3.47. The minimum absolute atomic E-state index is 0.0540. The molecule has 0 bridgehead atoms. The number of hydrogen-bond acceptors (Lipinski definition) is 4. The smallest absolute Gasteiger partial charge is 0.254 e. The SMILES string of the molecule is CC1CC1c1ccc(CN(C)C(=O)c2cc(-c3ccncc3)nc3ccccc23)o1. The molecule has 1 aromatic carbocycles. The lowest BCUT2D eigenvalue weighted by molar-refractivity contribution is 0.0776. The van der Waals surface area contributed by atoms with Crippen molar-refractivity contribution in [2.75, 3.05) is 7.05 Å². The average Bonchev–Trinajstić information content (AvgIpc) is 3.33. The van der Waals surface area contributed by atoms with Crippen molar-refractivity contribution in [1.29, 1.82) is 0 Å². The van der Waals surface area contributed by atoms with Crippen molar-refractivity contribution in [1.82, 2.24) is 14.9 Å². The van der Waals surface area contributed by atoms with E-state index in [1.54, 1.807) is 17.3 Å². The number of para-hydroxylation sites is 1. The van der Waals surface area contributed by atoms with Crippen LogP contribution in [0.3, 0.4) is 0 Å². The lowest BCUT2D eigenvalue weighted by Crippen LogP contribution is -2.26. The van der Waals surface area contributed by atoms with Crippen LogP contribution in [0.5, 0.6) is 0 Å². The Bertz CT molecular complexity index is 1220. The molecule has 2 atom stereocenters. The fraction of sp³-hybridized carbons (Fsp3) is 0.240. The molecule has 3 aromatic heterocycles. The van der Waals surface area contributed by atoms with E-state index in [4.69, 9.17) is 9.40 Å². The highest BCUT2D eigenvalue weighted by Gasteiger charge is 2.36. The molecule has 2 unspecified atom stereocenters. The second-order valence-corrected chi connectivity index (χ2v) is 8.09. The monoisotopic (exact) mass is 397 g/mol. The molecule has 5 heteroatoms. The summed E-state index contributed by atoms with van der Waals surface area (Å²) in [5, 5.41) is 0.846. The van der Waals surface area contributed by atoms with E-state index in [1.807, 2.05) is 61.6 Å². The van der Waals surface area contributed by atoms with E-state index in [1.165, 1.54) is 6.42 Å². The van der Waals surface area contributed by atoms with Crippen LogP contribution in [0.4, 0.5) is 0 Å². The summed E-state index contributed by atoms with van der Waals surface area (Å²) in [5.74, 6) is 3.02. The van der Waals surface area contributed by atoms with Crippen LogP contribution >= 0.6 is 0 Å². The number of aromatic nitrogens is 2. The Morgan fingerprint density at radius 3 is 2.67 bits per heavy atom. The highest BCUT2D eigenvalue weighted by Crippen LogP contribution is 2.47. The average molecular weight is 397 g/mol. The Balaban J connectivity index is 1.46. The maximum atomic E-state index is 13.4. The molecule has 1 aliphatic rings. The van der Waals surface area contributed by atoms with Crippen LogP contribution in [0.1, 0.15) is 41.1 Å². The van der Waals surface area contributed by atoms with Crippen LogP contribution in [0.2, 0.25) is 0 Å². The van der Waals surface area contributed by atoms with E-state index >= 15 is 0 Å². The Labute approximate surface area is 175 Å². The van der Waals surface area contributed by atoms with Gasteiger partial charge in [0.2, 0.25) is 0 Å². The third-order valence-electron chi connectivity index (χ3n) is 5.82. The van der Waals surface area contributed by atoms with Crippen molar-refractivity contribution >= 4 is 16.8 Å². The highest BCUT2D eigenvalue weighted by molar-refractivity contribution is 6.07. The molecule has 5 nitrogen and oxygen atoms in total. The largest absolute Gasteiger partial charge is 0.464 e. The van der Waals surface area contributed by atoms with Crippen molar-refractivity contribution in [2.45, 2.75) is 25.8 Å². The fourth-order valence-electron chi connectivity index (χ4n) is 3.93. The van der Waals surface area contributed by atoms with E-state index in [0.717, 1.165) is 33.7 Å². The summed E-state index contributed by atoms with van der Waals surface area (Å²) >= 11 is 0. The van der Waals surface area contributed by atoms with E-state index < -0.39 is 0 Å². The summed E-state index contributed by atoms with van der Waals surface area (Å²) in [6.45, 7) is 2.67. The first-order valence-corrected chi connectivity index (χ1v) is 10.2. The van der Waals surface area contributed by atoms with E-state index in [0.29, 0.717) is 23.9 Å². The predicted octanol–water partition coefficient (Wildman–Crippen LogP) is 5.29. The zero-order valence-corrected chi connectivity index (χ0v) is 17.1. The summed E-state index contributed by atoms with van der Waals surface area (Å²) in [6, 6.07) is 17.5. The van der Waals surface area contributed by atoms with Crippen molar-refractivity contribution < 1.29 is 9.21 Å². The van der Waals surface area contributed by atoms with Gasteiger partial charge in [-0.25, -0.2) is 4.98 Å². The molecule has 5 rings (SSSR count). The Kier molecular flexibility index (Phi) is 4.58. The number of fused-ring (bicyclic) bond motifs is 1. The van der Waals surface area contributed by atoms with E-state index in [9.17, 15) is 4.79 Å². The summed E-state index contributed by atoms with van der Waals surface area (Å²) in [4.78, 5) is 23.9. The molecule has 0 radical (unpaired) electrons. The standard InChI is InChI=1S/C25H23N3O2/c1-16-13-20(16)24-8-7-18(30-24)15-28(2)25(29)21-14-23(17-9-11-26-12-10-17)27-22-6-4-3-5-19(21)22/h3-12,14,16,20H,13,15H2,1-2H3. The Morgan fingerprint density at radius 1 is 1.13 bits per heavy atom. The van der Waals surface area contributed by atoms with Gasteiger partial charge in [-0.2, -0.15) is 0 Å². The summed E-state index contributed by atoms with van der Waals surface area (Å²) < 4.78 is 6.00. The van der Waals surface area contributed by atoms with Crippen molar-refractivity contribution in [3.05, 3.63) is 84.1 Å². The van der Waals surface area contributed by atoms with Gasteiger partial charge in [-0.05, 0) is 48.7 Å². The number of furan rings is 1. The van der Waals surface area contributed by atoms with Gasteiger partial charge in [-0.1, -0.05) is 25.1 Å². The maximum absolute atomic E-state index is 13.4. The van der Waals surface area contributed by atoms with Crippen LogP contribution in [0.15, 0.2) is 71.4 Å². The molecule has 0 aliphatic heterocycles. The zero-order chi connectivity index (χ0) is 20.7. The zero-order valence-electron chi connectivity index (χ0n) is 17.1. The molecule has 0 spiro atoms. The minimum atomic E-state index is -0.0540. The van der Waals surface area contributed by atoms with Gasteiger partial charge >= 0.3 is 0 Å².